The molecule has 1 fully saturated rings. The fourth-order valence-corrected chi connectivity index (χ4v) is 2.64. The summed E-state index contributed by atoms with van der Waals surface area (Å²) in [7, 11) is 1.56. The lowest BCUT2D eigenvalue weighted by atomic mass is 10.1. The molecule has 2 aromatic carbocycles. The second-order valence-electron chi connectivity index (χ2n) is 5.78. The number of amides is 2. The van der Waals surface area contributed by atoms with Crippen LogP contribution in [0.4, 0.5) is 11.4 Å². The van der Waals surface area contributed by atoms with Crippen molar-refractivity contribution in [2.24, 2.45) is 0 Å². The summed E-state index contributed by atoms with van der Waals surface area (Å²) < 4.78 is 10.6. The lowest BCUT2D eigenvalue weighted by Gasteiger charge is -2.23. The van der Waals surface area contributed by atoms with Crippen molar-refractivity contribution >= 4 is 35.6 Å². The summed E-state index contributed by atoms with van der Waals surface area (Å²) in [6, 6.07) is 13.9. The number of benzene rings is 2. The Hall–Kier alpha value is -2.61. The Kier molecular flexibility index (Phi) is 7.60. The summed E-state index contributed by atoms with van der Waals surface area (Å²) in [4.78, 5) is 25.0. The van der Waals surface area contributed by atoms with Crippen molar-refractivity contribution in [3.63, 3.8) is 0 Å². The van der Waals surface area contributed by atoms with E-state index >= 15 is 0 Å². The van der Waals surface area contributed by atoms with E-state index in [1.165, 1.54) is 0 Å². The Balaban J connectivity index is 0.00000261. The number of rotatable bonds is 5. The van der Waals surface area contributed by atoms with Crippen LogP contribution in [0.2, 0.25) is 0 Å². The molecule has 1 atom stereocenters. The molecule has 1 aliphatic rings. The van der Waals surface area contributed by atoms with Crippen molar-refractivity contribution < 1.29 is 19.1 Å². The Bertz CT molecular complexity index is 794. The van der Waals surface area contributed by atoms with Crippen LogP contribution in [0.1, 0.15) is 10.4 Å². The number of hydrogen-bond acceptors (Lipinski definition) is 5. The highest BCUT2D eigenvalue weighted by molar-refractivity contribution is 6.10. The monoisotopic (exact) mass is 391 g/mol. The normalized spacial score (nSPS) is 16.0. The molecule has 2 aromatic rings. The molecule has 0 spiro atoms. The Morgan fingerprint density at radius 1 is 1.15 bits per heavy atom. The molecule has 1 unspecified atom stereocenters. The molecular formula is C19H22ClN3O4. The number of morpholine rings is 1. The third kappa shape index (κ3) is 5.43. The number of para-hydroxylation sites is 1. The predicted molar refractivity (Wildman–Crippen MR) is 106 cm³/mol. The highest BCUT2D eigenvalue weighted by atomic mass is 35.5. The summed E-state index contributed by atoms with van der Waals surface area (Å²) in [6.45, 7) is 1.66. The highest BCUT2D eigenvalue weighted by Crippen LogP contribution is 2.20. The van der Waals surface area contributed by atoms with E-state index in [0.29, 0.717) is 35.8 Å². The number of carbonyl (C=O) groups is 2. The van der Waals surface area contributed by atoms with Crippen molar-refractivity contribution in [1.29, 1.82) is 0 Å². The molecule has 0 saturated carbocycles. The minimum Gasteiger partial charge on any atom is -0.497 e. The third-order valence-corrected chi connectivity index (χ3v) is 3.98. The molecule has 144 valence electrons. The first-order valence-corrected chi connectivity index (χ1v) is 8.35. The van der Waals surface area contributed by atoms with Gasteiger partial charge in [-0.3, -0.25) is 9.59 Å². The zero-order chi connectivity index (χ0) is 18.4. The highest BCUT2D eigenvalue weighted by Gasteiger charge is 2.23. The van der Waals surface area contributed by atoms with Crippen LogP contribution < -0.4 is 20.7 Å². The lowest BCUT2D eigenvalue weighted by molar-refractivity contribution is -0.128. The largest absolute Gasteiger partial charge is 0.497 e. The van der Waals surface area contributed by atoms with E-state index in [1.54, 1.807) is 55.6 Å². The molecule has 1 saturated heterocycles. The molecular weight excluding hydrogens is 370 g/mol. The molecule has 3 N–H and O–H groups in total. The Labute approximate surface area is 163 Å². The summed E-state index contributed by atoms with van der Waals surface area (Å²) in [6.07, 6.45) is -0.571. The fraction of sp³-hybridized carbons (Fsp3) is 0.263. The maximum atomic E-state index is 12.6. The van der Waals surface area contributed by atoms with Gasteiger partial charge in [0.05, 0.1) is 25.0 Å². The van der Waals surface area contributed by atoms with Gasteiger partial charge in [-0.1, -0.05) is 18.2 Å². The van der Waals surface area contributed by atoms with Crippen LogP contribution in [0.25, 0.3) is 0 Å². The van der Waals surface area contributed by atoms with Gasteiger partial charge in [0, 0.05) is 24.8 Å². The minimum atomic E-state index is -0.571. The molecule has 1 aliphatic heterocycles. The molecule has 0 bridgehead atoms. The fourth-order valence-electron chi connectivity index (χ4n) is 2.64. The second-order valence-corrected chi connectivity index (χ2v) is 5.78. The van der Waals surface area contributed by atoms with Crippen molar-refractivity contribution in [3.8, 4) is 5.75 Å². The zero-order valence-electron chi connectivity index (χ0n) is 14.9. The summed E-state index contributed by atoms with van der Waals surface area (Å²) in [5.41, 5.74) is 1.41. The number of nitrogens with one attached hydrogen (secondary N) is 3. The summed E-state index contributed by atoms with van der Waals surface area (Å²) >= 11 is 0. The predicted octanol–water partition coefficient (Wildman–Crippen LogP) is 2.30. The second kappa shape index (κ2) is 9.91. The van der Waals surface area contributed by atoms with Crippen molar-refractivity contribution in [2.75, 3.05) is 37.4 Å². The molecule has 2 amide bonds. The van der Waals surface area contributed by atoms with Gasteiger partial charge in [-0.25, -0.2) is 0 Å². The summed E-state index contributed by atoms with van der Waals surface area (Å²) in [5.74, 6) is 0.0435. The van der Waals surface area contributed by atoms with E-state index in [2.05, 4.69) is 16.0 Å². The Morgan fingerprint density at radius 2 is 1.96 bits per heavy atom. The van der Waals surface area contributed by atoms with Crippen LogP contribution in [-0.4, -0.2) is 44.7 Å². The number of halogens is 1. The first-order valence-electron chi connectivity index (χ1n) is 8.35. The molecule has 7 nitrogen and oxygen atoms in total. The molecule has 1 heterocycles. The van der Waals surface area contributed by atoms with Crippen LogP contribution >= 0.6 is 12.4 Å². The van der Waals surface area contributed by atoms with E-state index in [9.17, 15) is 9.59 Å². The van der Waals surface area contributed by atoms with Gasteiger partial charge in [-0.15, -0.1) is 12.4 Å². The quantitative estimate of drug-likeness (QED) is 0.727. The molecule has 0 radical (unpaired) electrons. The standard InChI is InChI=1S/C19H21N3O4.ClH/c1-25-14-6-4-5-13(11-14)21-18(23)15-7-2-3-8-16(15)22-19(24)17-12-20-9-10-26-17;/h2-8,11,17,20H,9-10,12H2,1H3,(H,21,23)(H,22,24);1H. The number of hydrogen-bond donors (Lipinski definition) is 3. The van der Waals surface area contributed by atoms with Crippen molar-refractivity contribution in [1.82, 2.24) is 5.32 Å². The first kappa shape index (κ1) is 20.7. The van der Waals surface area contributed by atoms with Gasteiger partial charge in [-0.05, 0) is 24.3 Å². The maximum Gasteiger partial charge on any atom is 0.257 e. The van der Waals surface area contributed by atoms with Gasteiger partial charge in [0.2, 0.25) is 0 Å². The molecule has 0 aromatic heterocycles. The Morgan fingerprint density at radius 3 is 2.70 bits per heavy atom. The van der Waals surface area contributed by atoms with E-state index in [-0.39, 0.29) is 24.2 Å². The lowest BCUT2D eigenvalue weighted by Crippen LogP contribution is -2.45. The number of ether oxygens (including phenoxy) is 2. The van der Waals surface area contributed by atoms with Crippen LogP contribution in [0, 0.1) is 0 Å². The van der Waals surface area contributed by atoms with Gasteiger partial charge in [0.25, 0.3) is 11.8 Å². The average molecular weight is 392 g/mol. The average Bonchev–Trinajstić information content (AvgIpc) is 2.69. The number of carbonyl (C=O) groups excluding carboxylic acids is 2. The van der Waals surface area contributed by atoms with E-state index in [0.717, 1.165) is 6.54 Å². The van der Waals surface area contributed by atoms with Gasteiger partial charge in [0.15, 0.2) is 0 Å². The van der Waals surface area contributed by atoms with Crippen LogP contribution in [-0.2, 0) is 9.53 Å². The molecule has 0 aliphatic carbocycles. The van der Waals surface area contributed by atoms with Crippen LogP contribution in [0.3, 0.4) is 0 Å². The molecule has 27 heavy (non-hydrogen) atoms. The van der Waals surface area contributed by atoms with Crippen molar-refractivity contribution in [3.05, 3.63) is 54.1 Å². The van der Waals surface area contributed by atoms with Crippen LogP contribution in [0.5, 0.6) is 5.75 Å². The van der Waals surface area contributed by atoms with Gasteiger partial charge in [0.1, 0.15) is 11.9 Å². The number of anilines is 2. The van der Waals surface area contributed by atoms with Gasteiger partial charge in [-0.2, -0.15) is 0 Å². The smallest absolute Gasteiger partial charge is 0.257 e. The third-order valence-electron chi connectivity index (χ3n) is 3.98. The zero-order valence-corrected chi connectivity index (χ0v) is 15.7. The van der Waals surface area contributed by atoms with Gasteiger partial charge < -0.3 is 25.4 Å². The van der Waals surface area contributed by atoms with E-state index < -0.39 is 6.10 Å². The maximum absolute atomic E-state index is 12.6. The van der Waals surface area contributed by atoms with E-state index in [4.69, 9.17) is 9.47 Å². The number of methoxy groups -OCH3 is 1. The molecule has 3 rings (SSSR count). The first-order chi connectivity index (χ1) is 12.7. The molecule has 8 heteroatoms. The SMILES string of the molecule is COc1cccc(NC(=O)c2ccccc2NC(=O)C2CNCCO2)c1.Cl. The topological polar surface area (TPSA) is 88.7 Å². The summed E-state index contributed by atoms with van der Waals surface area (Å²) in [5, 5.41) is 8.70. The van der Waals surface area contributed by atoms with E-state index in [1.807, 2.05) is 0 Å². The van der Waals surface area contributed by atoms with Gasteiger partial charge >= 0.3 is 0 Å². The van der Waals surface area contributed by atoms with Crippen LogP contribution in [0.15, 0.2) is 48.5 Å². The van der Waals surface area contributed by atoms with Crippen molar-refractivity contribution in [2.45, 2.75) is 6.10 Å². The minimum absolute atomic E-state index is 0.